The molecule has 0 aromatic rings. The molecule has 1 fully saturated rings. The molecular weight excluding hydrogens is 252 g/mol. The molecule has 20 heavy (non-hydrogen) atoms. The van der Waals surface area contributed by atoms with Crippen LogP contribution in [0.25, 0.3) is 0 Å². The number of ketones is 1. The fourth-order valence-corrected chi connectivity index (χ4v) is 4.03. The van der Waals surface area contributed by atoms with E-state index in [-0.39, 0.29) is 28.6 Å². The van der Waals surface area contributed by atoms with Crippen LogP contribution < -0.4 is 0 Å². The summed E-state index contributed by atoms with van der Waals surface area (Å²) in [7, 11) is 0. The molecule has 0 saturated carbocycles. The van der Waals surface area contributed by atoms with Crippen LogP contribution in [-0.2, 0) is 9.59 Å². The second-order valence-corrected chi connectivity index (χ2v) is 6.56. The van der Waals surface area contributed by atoms with E-state index in [0.29, 0.717) is 13.1 Å². The Hall–Kier alpha value is -1.63. The van der Waals surface area contributed by atoms with Gasteiger partial charge in [-0.1, -0.05) is 26.8 Å². The van der Waals surface area contributed by atoms with Crippen molar-refractivity contribution in [2.45, 2.75) is 40.5 Å². The lowest BCUT2D eigenvalue weighted by molar-refractivity contribution is -0.140. The summed E-state index contributed by atoms with van der Waals surface area (Å²) < 4.78 is 0. The monoisotopic (exact) mass is 274 g/mol. The Kier molecular flexibility index (Phi) is 3.49. The summed E-state index contributed by atoms with van der Waals surface area (Å²) in [6.45, 7) is 8.94. The highest BCUT2D eigenvalue weighted by Crippen LogP contribution is 2.53. The number of fused-ring (bicyclic) bond motifs is 1. The first kappa shape index (κ1) is 14.8. The van der Waals surface area contributed by atoms with Crippen molar-refractivity contribution in [2.75, 3.05) is 13.1 Å². The Morgan fingerprint density at radius 2 is 2.20 bits per heavy atom. The highest BCUT2D eigenvalue weighted by Gasteiger charge is 2.54. The fraction of sp³-hybridized carbons (Fsp3) is 0.688. The second kappa shape index (κ2) is 4.73. The summed E-state index contributed by atoms with van der Waals surface area (Å²) in [6.07, 6.45) is 3.36. The zero-order valence-corrected chi connectivity index (χ0v) is 12.7. The average molecular weight is 274 g/mol. The van der Waals surface area contributed by atoms with Gasteiger partial charge in [-0.25, -0.2) is 0 Å². The Morgan fingerprint density at radius 1 is 1.55 bits per heavy atom. The Balaban J connectivity index is 2.50. The highest BCUT2D eigenvalue weighted by molar-refractivity contribution is 6.04. The molecule has 0 bridgehead atoms. The number of rotatable bonds is 1. The molecular formula is C16H22N2O2. The molecule has 0 N–H and O–H groups in total. The third-order valence-corrected chi connectivity index (χ3v) is 5.32. The zero-order valence-electron chi connectivity index (χ0n) is 12.7. The van der Waals surface area contributed by atoms with Gasteiger partial charge in [-0.05, 0) is 18.8 Å². The third-order valence-electron chi connectivity index (χ3n) is 5.32. The average Bonchev–Trinajstić information content (AvgIpc) is 2.42. The molecule has 1 amide bonds. The van der Waals surface area contributed by atoms with Crippen molar-refractivity contribution in [3.8, 4) is 6.07 Å². The van der Waals surface area contributed by atoms with Gasteiger partial charge in [-0.3, -0.25) is 9.59 Å². The predicted molar refractivity (Wildman–Crippen MR) is 75.6 cm³/mol. The van der Waals surface area contributed by atoms with Crippen molar-refractivity contribution in [1.29, 1.82) is 5.26 Å². The van der Waals surface area contributed by atoms with Gasteiger partial charge in [0.25, 0.3) is 0 Å². The largest absolute Gasteiger partial charge is 0.342 e. The predicted octanol–water partition coefficient (Wildman–Crippen LogP) is 2.31. The van der Waals surface area contributed by atoms with Crippen molar-refractivity contribution >= 4 is 11.7 Å². The van der Waals surface area contributed by atoms with E-state index in [9.17, 15) is 14.9 Å². The molecule has 108 valence electrons. The van der Waals surface area contributed by atoms with Crippen molar-refractivity contribution < 1.29 is 9.59 Å². The summed E-state index contributed by atoms with van der Waals surface area (Å²) in [5, 5.41) is 9.25. The van der Waals surface area contributed by atoms with Crippen molar-refractivity contribution in [3.63, 3.8) is 0 Å². The number of piperidine rings is 1. The summed E-state index contributed by atoms with van der Waals surface area (Å²) in [6, 6.07) is 2.05. The van der Waals surface area contributed by atoms with E-state index in [4.69, 9.17) is 0 Å². The number of amides is 1. The van der Waals surface area contributed by atoms with Gasteiger partial charge in [-0.2, -0.15) is 5.26 Å². The molecule has 1 aliphatic carbocycles. The van der Waals surface area contributed by atoms with Gasteiger partial charge in [0.1, 0.15) is 6.07 Å². The standard InChI is InChI=1S/C16H22N2O2/c1-5-16(4)13-6-7-18(11(2)19)10-15(13,3)8-12(9-17)14(16)20/h8,13H,5-7,10H2,1-4H3/t13-,15-,16-/m0/s1. The van der Waals surface area contributed by atoms with Crippen LogP contribution in [0.5, 0.6) is 0 Å². The summed E-state index contributed by atoms with van der Waals surface area (Å²) in [4.78, 5) is 26.0. The molecule has 2 rings (SSSR count). The smallest absolute Gasteiger partial charge is 0.219 e. The second-order valence-electron chi connectivity index (χ2n) is 6.56. The molecule has 3 atom stereocenters. The van der Waals surface area contributed by atoms with Gasteiger partial charge in [0.15, 0.2) is 5.78 Å². The minimum atomic E-state index is -0.489. The van der Waals surface area contributed by atoms with Crippen LogP contribution in [0.15, 0.2) is 11.6 Å². The first-order valence-electron chi connectivity index (χ1n) is 7.22. The number of hydrogen-bond acceptors (Lipinski definition) is 3. The lowest BCUT2D eigenvalue weighted by atomic mass is 9.53. The maximum atomic E-state index is 12.6. The minimum absolute atomic E-state index is 0.0266. The zero-order chi connectivity index (χ0) is 15.1. The van der Waals surface area contributed by atoms with E-state index >= 15 is 0 Å². The van der Waals surface area contributed by atoms with Gasteiger partial charge in [-0.15, -0.1) is 0 Å². The van der Waals surface area contributed by atoms with Crippen molar-refractivity contribution in [2.24, 2.45) is 16.7 Å². The Labute approximate surface area is 120 Å². The Bertz CT molecular complexity index is 531. The number of carbonyl (C=O) groups is 2. The fourth-order valence-electron chi connectivity index (χ4n) is 4.03. The number of Topliss-reactive ketones (excluding diaryl/α,β-unsaturated/α-hetero) is 1. The van der Waals surface area contributed by atoms with Crippen LogP contribution in [0.2, 0.25) is 0 Å². The molecule has 1 saturated heterocycles. The molecule has 4 heteroatoms. The van der Waals surface area contributed by atoms with Gasteiger partial charge >= 0.3 is 0 Å². The summed E-state index contributed by atoms with van der Waals surface area (Å²) >= 11 is 0. The Morgan fingerprint density at radius 3 is 2.70 bits per heavy atom. The van der Waals surface area contributed by atoms with Gasteiger partial charge in [0, 0.05) is 30.8 Å². The van der Waals surface area contributed by atoms with Crippen LogP contribution in [0.3, 0.4) is 0 Å². The van der Waals surface area contributed by atoms with Crippen LogP contribution in [0, 0.1) is 28.1 Å². The lowest BCUT2D eigenvalue weighted by Crippen LogP contribution is -2.57. The molecule has 1 heterocycles. The summed E-state index contributed by atoms with van der Waals surface area (Å²) in [5.41, 5.74) is -0.510. The van der Waals surface area contributed by atoms with E-state index in [1.165, 1.54) is 0 Å². The van der Waals surface area contributed by atoms with Crippen molar-refractivity contribution in [1.82, 2.24) is 4.90 Å². The summed E-state index contributed by atoms with van der Waals surface area (Å²) in [5.74, 6) is 0.230. The maximum absolute atomic E-state index is 12.6. The molecule has 0 unspecified atom stereocenters. The molecule has 0 aromatic heterocycles. The van der Waals surface area contributed by atoms with Crippen molar-refractivity contribution in [3.05, 3.63) is 11.6 Å². The molecule has 2 aliphatic rings. The number of nitrogens with zero attached hydrogens (tertiary/aromatic N) is 2. The third kappa shape index (κ3) is 1.96. The van der Waals surface area contributed by atoms with Crippen LogP contribution in [0.1, 0.15) is 40.5 Å². The number of carbonyl (C=O) groups excluding carboxylic acids is 2. The number of allylic oxidation sites excluding steroid dienone is 1. The van der Waals surface area contributed by atoms with E-state index in [2.05, 4.69) is 13.0 Å². The number of nitriles is 1. The van der Waals surface area contributed by atoms with Crippen LogP contribution >= 0.6 is 0 Å². The quantitative estimate of drug-likeness (QED) is 0.737. The molecule has 0 aromatic carbocycles. The van der Waals surface area contributed by atoms with E-state index in [0.717, 1.165) is 12.8 Å². The normalized spacial score (nSPS) is 37.0. The SMILES string of the molecule is CC[C@]1(C)C(=O)C(C#N)=C[C@@]2(C)CN(C(C)=O)CC[C@@H]21. The molecule has 0 spiro atoms. The lowest BCUT2D eigenvalue weighted by Gasteiger charge is -2.53. The van der Waals surface area contributed by atoms with Gasteiger partial charge in [0.2, 0.25) is 5.91 Å². The van der Waals surface area contributed by atoms with E-state index in [1.54, 1.807) is 6.92 Å². The first-order valence-corrected chi connectivity index (χ1v) is 7.22. The molecule has 1 aliphatic heterocycles. The van der Waals surface area contributed by atoms with E-state index < -0.39 is 5.41 Å². The van der Waals surface area contributed by atoms with Gasteiger partial charge < -0.3 is 4.90 Å². The minimum Gasteiger partial charge on any atom is -0.342 e. The first-order chi connectivity index (χ1) is 9.28. The highest BCUT2D eigenvalue weighted by atomic mass is 16.2. The number of hydrogen-bond donors (Lipinski definition) is 0. The van der Waals surface area contributed by atoms with Crippen LogP contribution in [0.4, 0.5) is 0 Å². The van der Waals surface area contributed by atoms with Gasteiger partial charge in [0.05, 0.1) is 5.57 Å². The number of likely N-dealkylation sites (tertiary alicyclic amines) is 1. The molecule has 0 radical (unpaired) electrons. The maximum Gasteiger partial charge on any atom is 0.219 e. The van der Waals surface area contributed by atoms with E-state index in [1.807, 2.05) is 24.8 Å². The van der Waals surface area contributed by atoms with Crippen LogP contribution in [-0.4, -0.2) is 29.7 Å². The molecule has 4 nitrogen and oxygen atoms in total. The topological polar surface area (TPSA) is 61.2 Å².